The number of rotatable bonds is 3. The monoisotopic (exact) mass is 289 g/mol. The number of amides is 1. The molecule has 1 rings (SSSR count). The summed E-state index contributed by atoms with van der Waals surface area (Å²) in [5.74, 6) is -0.557. The Morgan fingerprint density at radius 3 is 2.26 bits per heavy atom. The molecule has 1 N–H and O–H groups in total. The molecule has 0 bridgehead atoms. The van der Waals surface area contributed by atoms with Crippen LogP contribution in [0.5, 0.6) is 0 Å². The third-order valence-electron chi connectivity index (χ3n) is 3.24. The molecule has 0 spiro atoms. The second-order valence-electron chi connectivity index (χ2n) is 5.67. The zero-order valence-electron chi connectivity index (χ0n) is 12.2. The van der Waals surface area contributed by atoms with E-state index in [4.69, 9.17) is 4.74 Å². The van der Waals surface area contributed by atoms with E-state index in [9.17, 15) is 14.7 Å². The largest absolute Gasteiger partial charge is 0.480 e. The molecule has 110 valence electrons. The van der Waals surface area contributed by atoms with E-state index in [2.05, 4.69) is 0 Å². The molecule has 0 aromatic heterocycles. The predicted octanol–water partition coefficient (Wildman–Crippen LogP) is 2.94. The summed E-state index contributed by atoms with van der Waals surface area (Å²) in [5, 5.41) is 9.29. The third-order valence-corrected chi connectivity index (χ3v) is 5.03. The number of ether oxygens (including phenoxy) is 1. The van der Waals surface area contributed by atoms with E-state index >= 15 is 0 Å². The van der Waals surface area contributed by atoms with Gasteiger partial charge in [-0.05, 0) is 33.6 Å². The number of hydrogen-bond donors (Lipinski definition) is 1. The molecule has 1 saturated heterocycles. The highest BCUT2D eigenvalue weighted by atomic mass is 32.2. The van der Waals surface area contributed by atoms with Crippen molar-refractivity contribution >= 4 is 23.8 Å². The fraction of sp³-hybridized carbons (Fsp3) is 0.846. The maximum atomic E-state index is 12.3. The van der Waals surface area contributed by atoms with Gasteiger partial charge in [-0.3, -0.25) is 4.90 Å². The van der Waals surface area contributed by atoms with Gasteiger partial charge in [-0.15, -0.1) is 11.8 Å². The third kappa shape index (κ3) is 3.35. The lowest BCUT2D eigenvalue weighted by molar-refractivity contribution is -0.143. The normalized spacial score (nSPS) is 22.4. The molecular formula is C13H23NO4S. The quantitative estimate of drug-likeness (QED) is 0.865. The molecule has 0 aromatic carbocycles. The van der Waals surface area contributed by atoms with Crippen molar-refractivity contribution in [3.63, 3.8) is 0 Å². The van der Waals surface area contributed by atoms with Gasteiger partial charge >= 0.3 is 12.1 Å². The van der Waals surface area contributed by atoms with Crippen LogP contribution in [0.4, 0.5) is 4.79 Å². The lowest BCUT2D eigenvalue weighted by atomic mass is 10.1. The van der Waals surface area contributed by atoms with Crippen molar-refractivity contribution < 1.29 is 19.4 Å². The molecule has 6 heteroatoms. The first-order valence-corrected chi connectivity index (χ1v) is 7.54. The van der Waals surface area contributed by atoms with E-state index in [0.717, 1.165) is 0 Å². The topological polar surface area (TPSA) is 66.8 Å². The first-order valence-electron chi connectivity index (χ1n) is 6.56. The van der Waals surface area contributed by atoms with E-state index in [1.54, 1.807) is 20.8 Å². The molecule has 1 heterocycles. The van der Waals surface area contributed by atoms with Gasteiger partial charge in [0.15, 0.2) is 0 Å². The first-order chi connectivity index (χ1) is 8.67. The molecule has 0 aliphatic carbocycles. The van der Waals surface area contributed by atoms with E-state index in [1.165, 1.54) is 16.7 Å². The standard InChI is InChI=1S/C13H23NO4S/c1-6-13(7-2)14(9(8-19-13)10(15)16)11(17)18-12(3,4)5/h9H,6-8H2,1-5H3,(H,15,16). The van der Waals surface area contributed by atoms with Crippen LogP contribution >= 0.6 is 11.8 Å². The van der Waals surface area contributed by atoms with Crippen LogP contribution in [0.25, 0.3) is 0 Å². The number of carbonyl (C=O) groups is 2. The first kappa shape index (κ1) is 16.1. The number of hydrogen-bond acceptors (Lipinski definition) is 4. The Hall–Kier alpha value is -0.910. The summed E-state index contributed by atoms with van der Waals surface area (Å²) in [6.07, 6.45) is 0.877. The van der Waals surface area contributed by atoms with Crippen LogP contribution in [0.1, 0.15) is 47.5 Å². The summed E-state index contributed by atoms with van der Waals surface area (Å²) in [6.45, 7) is 9.28. The van der Waals surface area contributed by atoms with Gasteiger partial charge in [-0.25, -0.2) is 9.59 Å². The number of carboxylic acid groups (broad SMARTS) is 1. The Kier molecular flexibility index (Phi) is 4.76. The van der Waals surface area contributed by atoms with Crippen LogP contribution < -0.4 is 0 Å². The van der Waals surface area contributed by atoms with Gasteiger partial charge in [0.1, 0.15) is 11.6 Å². The fourth-order valence-corrected chi connectivity index (χ4v) is 3.75. The highest BCUT2D eigenvalue weighted by Crippen LogP contribution is 2.45. The van der Waals surface area contributed by atoms with Gasteiger partial charge in [0.05, 0.1) is 4.87 Å². The minimum atomic E-state index is -0.970. The molecule has 5 nitrogen and oxygen atoms in total. The average molecular weight is 289 g/mol. The molecule has 1 aliphatic heterocycles. The van der Waals surface area contributed by atoms with Crippen LogP contribution in [0, 0.1) is 0 Å². The molecule has 1 fully saturated rings. The minimum absolute atomic E-state index is 0.413. The lowest BCUT2D eigenvalue weighted by Gasteiger charge is -2.38. The number of carboxylic acids is 1. The highest BCUT2D eigenvalue weighted by molar-refractivity contribution is 8.01. The van der Waals surface area contributed by atoms with Crippen molar-refractivity contribution in [1.29, 1.82) is 0 Å². The summed E-state index contributed by atoms with van der Waals surface area (Å²) in [4.78, 5) is 24.6. The number of nitrogens with zero attached hydrogens (tertiary/aromatic N) is 1. The van der Waals surface area contributed by atoms with Crippen molar-refractivity contribution in [1.82, 2.24) is 4.90 Å². The van der Waals surface area contributed by atoms with Crippen LogP contribution in [-0.4, -0.2) is 44.3 Å². The molecule has 0 saturated carbocycles. The summed E-state index contributed by atoms with van der Waals surface area (Å²) in [7, 11) is 0. The van der Waals surface area contributed by atoms with Gasteiger partial charge in [0.25, 0.3) is 0 Å². The lowest BCUT2D eigenvalue weighted by Crippen LogP contribution is -2.53. The summed E-state index contributed by atoms with van der Waals surface area (Å²) in [6, 6.07) is -0.806. The number of aliphatic carboxylic acids is 1. The zero-order chi connectivity index (χ0) is 14.8. The summed E-state index contributed by atoms with van der Waals surface area (Å²) in [5.41, 5.74) is -0.624. The molecule has 1 amide bonds. The van der Waals surface area contributed by atoms with Gasteiger partial charge in [-0.1, -0.05) is 13.8 Å². The Labute approximate surface area is 118 Å². The van der Waals surface area contributed by atoms with Crippen molar-refractivity contribution in [2.24, 2.45) is 0 Å². The number of thioether (sulfide) groups is 1. The van der Waals surface area contributed by atoms with E-state index in [-0.39, 0.29) is 0 Å². The van der Waals surface area contributed by atoms with E-state index < -0.39 is 28.6 Å². The molecular weight excluding hydrogens is 266 g/mol. The smallest absolute Gasteiger partial charge is 0.412 e. The Morgan fingerprint density at radius 1 is 1.37 bits per heavy atom. The van der Waals surface area contributed by atoms with Crippen LogP contribution in [0.3, 0.4) is 0 Å². The summed E-state index contributed by atoms with van der Waals surface area (Å²) < 4.78 is 5.37. The van der Waals surface area contributed by atoms with Gasteiger partial charge in [0.2, 0.25) is 0 Å². The fourth-order valence-electron chi connectivity index (χ4n) is 2.24. The Bertz CT molecular complexity index is 360. The predicted molar refractivity (Wildman–Crippen MR) is 75.3 cm³/mol. The van der Waals surface area contributed by atoms with Crippen LogP contribution in [0.15, 0.2) is 0 Å². The van der Waals surface area contributed by atoms with Crippen LogP contribution in [-0.2, 0) is 9.53 Å². The molecule has 1 atom stereocenters. The maximum Gasteiger partial charge on any atom is 0.412 e. The maximum absolute atomic E-state index is 12.3. The Morgan fingerprint density at radius 2 is 1.89 bits per heavy atom. The van der Waals surface area contributed by atoms with Crippen molar-refractivity contribution in [2.75, 3.05) is 5.75 Å². The van der Waals surface area contributed by atoms with Gasteiger partial charge in [0, 0.05) is 5.75 Å². The SMILES string of the molecule is CCC1(CC)SCC(C(=O)O)N1C(=O)OC(C)(C)C. The zero-order valence-corrected chi connectivity index (χ0v) is 13.0. The average Bonchev–Trinajstić information content (AvgIpc) is 2.66. The number of carbonyl (C=O) groups excluding carboxylic acids is 1. The Balaban J connectivity index is 3.05. The molecule has 1 aliphatic rings. The molecule has 0 radical (unpaired) electrons. The van der Waals surface area contributed by atoms with Crippen molar-refractivity contribution in [3.8, 4) is 0 Å². The van der Waals surface area contributed by atoms with Crippen molar-refractivity contribution in [3.05, 3.63) is 0 Å². The highest BCUT2D eigenvalue weighted by Gasteiger charge is 2.51. The summed E-state index contributed by atoms with van der Waals surface area (Å²) >= 11 is 1.53. The van der Waals surface area contributed by atoms with Crippen molar-refractivity contribution in [2.45, 2.75) is 64.0 Å². The molecule has 1 unspecified atom stereocenters. The van der Waals surface area contributed by atoms with Crippen LogP contribution in [0.2, 0.25) is 0 Å². The second kappa shape index (κ2) is 5.61. The van der Waals surface area contributed by atoms with Gasteiger partial charge in [-0.2, -0.15) is 0 Å². The van der Waals surface area contributed by atoms with E-state index in [1.807, 2.05) is 13.8 Å². The molecule has 19 heavy (non-hydrogen) atoms. The molecule has 0 aromatic rings. The minimum Gasteiger partial charge on any atom is -0.480 e. The van der Waals surface area contributed by atoms with Gasteiger partial charge < -0.3 is 9.84 Å². The van der Waals surface area contributed by atoms with E-state index in [0.29, 0.717) is 18.6 Å². The second-order valence-corrected chi connectivity index (χ2v) is 7.05.